The number of nitrogens with one attached hydrogen (secondary N) is 2. The van der Waals surface area contributed by atoms with Crippen molar-refractivity contribution in [2.75, 3.05) is 13.1 Å². The van der Waals surface area contributed by atoms with Gasteiger partial charge in [-0.25, -0.2) is 14.8 Å². The maximum absolute atomic E-state index is 13.0. The molecule has 0 atom stereocenters. The van der Waals surface area contributed by atoms with E-state index in [1.165, 1.54) is 16.0 Å². The smallest absolute Gasteiger partial charge is 0.335 e. The van der Waals surface area contributed by atoms with Gasteiger partial charge >= 0.3 is 12.2 Å². The Bertz CT molecular complexity index is 864. The number of nitrogens with zero attached hydrogens (tertiary/aromatic N) is 4. The quantitative estimate of drug-likeness (QED) is 0.824. The molecule has 2 aromatic rings. The molecule has 3 amide bonds. The number of alkyl halides is 3. The van der Waals surface area contributed by atoms with E-state index in [-0.39, 0.29) is 36.3 Å². The molecule has 0 unspecified atom stereocenters. The molecule has 144 valence electrons. The van der Waals surface area contributed by atoms with Crippen molar-refractivity contribution in [1.82, 2.24) is 30.5 Å². The van der Waals surface area contributed by atoms with Gasteiger partial charge in [-0.15, -0.1) is 0 Å². The summed E-state index contributed by atoms with van der Waals surface area (Å²) in [5.41, 5.74) is 2.39. The van der Waals surface area contributed by atoms with Crippen molar-refractivity contribution in [2.24, 2.45) is 0 Å². The number of carbonyl (C=O) groups is 2. The van der Waals surface area contributed by atoms with Crippen LogP contribution in [0.15, 0.2) is 24.5 Å². The highest BCUT2D eigenvalue weighted by atomic mass is 19.4. The van der Waals surface area contributed by atoms with Gasteiger partial charge in [0.25, 0.3) is 0 Å². The summed E-state index contributed by atoms with van der Waals surface area (Å²) >= 11 is 0. The first kappa shape index (κ1) is 18.7. The van der Waals surface area contributed by atoms with Crippen molar-refractivity contribution in [2.45, 2.75) is 26.1 Å². The van der Waals surface area contributed by atoms with E-state index in [4.69, 9.17) is 0 Å². The third-order valence-electron chi connectivity index (χ3n) is 3.88. The number of rotatable bonds is 5. The van der Waals surface area contributed by atoms with Gasteiger partial charge in [-0.2, -0.15) is 18.3 Å². The third kappa shape index (κ3) is 4.54. The molecule has 0 bridgehead atoms. The summed E-state index contributed by atoms with van der Waals surface area (Å²) in [5, 5.41) is 7.86. The Hall–Kier alpha value is -3.11. The second kappa shape index (κ2) is 7.25. The molecule has 8 nitrogen and oxygen atoms in total. The SMILES string of the molecule is Cc1cc(-c2ncn(CCC(=O)NN3CCNC3=O)n2)cc(C(F)(F)F)c1. The Morgan fingerprint density at radius 3 is 2.78 bits per heavy atom. The molecule has 0 spiro atoms. The number of halogens is 3. The number of hydrogen-bond acceptors (Lipinski definition) is 4. The minimum atomic E-state index is -4.46. The number of urea groups is 1. The lowest BCUT2D eigenvalue weighted by Crippen LogP contribution is -2.44. The van der Waals surface area contributed by atoms with Gasteiger partial charge in [-0.05, 0) is 30.7 Å². The van der Waals surface area contributed by atoms with Crippen LogP contribution in [0.3, 0.4) is 0 Å². The number of hydrogen-bond donors (Lipinski definition) is 2. The predicted molar refractivity (Wildman–Crippen MR) is 88.1 cm³/mol. The summed E-state index contributed by atoms with van der Waals surface area (Å²) in [6.07, 6.45) is -3.07. The summed E-state index contributed by atoms with van der Waals surface area (Å²) in [4.78, 5) is 27.3. The lowest BCUT2D eigenvalue weighted by Gasteiger charge is -2.15. The largest absolute Gasteiger partial charge is 0.416 e. The number of aryl methyl sites for hydroxylation is 2. The van der Waals surface area contributed by atoms with Gasteiger partial charge in [0.05, 0.1) is 18.7 Å². The van der Waals surface area contributed by atoms with E-state index in [0.717, 1.165) is 12.1 Å². The lowest BCUT2D eigenvalue weighted by molar-refractivity contribution is -0.137. The zero-order valence-corrected chi connectivity index (χ0v) is 14.4. The zero-order valence-electron chi connectivity index (χ0n) is 14.4. The van der Waals surface area contributed by atoms with Crippen molar-refractivity contribution in [1.29, 1.82) is 0 Å². The molecule has 3 rings (SSSR count). The molecule has 2 heterocycles. The molecule has 1 aromatic heterocycles. The van der Waals surface area contributed by atoms with Crippen LogP contribution in [0.4, 0.5) is 18.0 Å². The van der Waals surface area contributed by atoms with E-state index >= 15 is 0 Å². The Kier molecular flexibility index (Phi) is 5.02. The predicted octanol–water partition coefficient (Wildman–Crippen LogP) is 1.72. The van der Waals surface area contributed by atoms with E-state index in [1.807, 2.05) is 0 Å². The number of amides is 3. The second-order valence-corrected chi connectivity index (χ2v) is 6.09. The maximum Gasteiger partial charge on any atom is 0.416 e. The molecule has 0 saturated carbocycles. The van der Waals surface area contributed by atoms with Crippen LogP contribution in [0.1, 0.15) is 17.5 Å². The fourth-order valence-electron chi connectivity index (χ4n) is 2.61. The number of benzene rings is 1. The van der Waals surface area contributed by atoms with E-state index < -0.39 is 11.7 Å². The van der Waals surface area contributed by atoms with Crippen molar-refractivity contribution >= 4 is 11.9 Å². The minimum Gasteiger partial charge on any atom is -0.335 e. The Morgan fingerprint density at radius 1 is 1.33 bits per heavy atom. The average molecular weight is 382 g/mol. The highest BCUT2D eigenvalue weighted by molar-refractivity contribution is 5.82. The van der Waals surface area contributed by atoms with Crippen LogP contribution < -0.4 is 10.7 Å². The van der Waals surface area contributed by atoms with Crippen molar-refractivity contribution < 1.29 is 22.8 Å². The van der Waals surface area contributed by atoms with Gasteiger partial charge in [0, 0.05) is 18.5 Å². The molecule has 0 radical (unpaired) electrons. The molecule has 0 aliphatic carbocycles. The summed E-state index contributed by atoms with van der Waals surface area (Å²) in [6, 6.07) is 3.24. The van der Waals surface area contributed by atoms with Gasteiger partial charge in [0.2, 0.25) is 5.91 Å². The molecule has 11 heteroatoms. The molecule has 1 aliphatic heterocycles. The van der Waals surface area contributed by atoms with Crippen LogP contribution in [0.25, 0.3) is 11.4 Å². The Labute approximate surface area is 152 Å². The van der Waals surface area contributed by atoms with Crippen LogP contribution >= 0.6 is 0 Å². The van der Waals surface area contributed by atoms with Crippen LogP contribution in [0.5, 0.6) is 0 Å². The molecule has 1 saturated heterocycles. The molecular formula is C16H17F3N6O2. The van der Waals surface area contributed by atoms with Crippen molar-refractivity contribution in [3.8, 4) is 11.4 Å². The fourth-order valence-corrected chi connectivity index (χ4v) is 2.61. The zero-order chi connectivity index (χ0) is 19.6. The number of carbonyl (C=O) groups excluding carboxylic acids is 2. The summed E-state index contributed by atoms with van der Waals surface area (Å²) in [5.74, 6) is -0.234. The van der Waals surface area contributed by atoms with E-state index in [1.54, 1.807) is 13.0 Å². The first-order chi connectivity index (χ1) is 12.7. The van der Waals surface area contributed by atoms with Gasteiger partial charge in [0.15, 0.2) is 5.82 Å². The van der Waals surface area contributed by atoms with E-state index in [9.17, 15) is 22.8 Å². The third-order valence-corrected chi connectivity index (χ3v) is 3.88. The lowest BCUT2D eigenvalue weighted by atomic mass is 10.1. The molecule has 1 fully saturated rings. The fraction of sp³-hybridized carbons (Fsp3) is 0.375. The summed E-state index contributed by atoms with van der Waals surface area (Å²) in [7, 11) is 0. The number of hydrazine groups is 1. The first-order valence-electron chi connectivity index (χ1n) is 8.16. The van der Waals surface area contributed by atoms with Gasteiger partial charge in [-0.3, -0.25) is 14.9 Å². The normalized spacial score (nSPS) is 14.4. The highest BCUT2D eigenvalue weighted by Gasteiger charge is 2.31. The van der Waals surface area contributed by atoms with E-state index in [0.29, 0.717) is 18.7 Å². The van der Waals surface area contributed by atoms with Crippen LogP contribution in [-0.2, 0) is 17.5 Å². The van der Waals surface area contributed by atoms with Crippen LogP contribution in [0, 0.1) is 6.92 Å². The Balaban J connectivity index is 1.64. The standard InChI is InChI=1S/C16H17F3N6O2/c1-10-6-11(8-12(7-10)16(17,18)19)14-21-9-24(23-14)4-2-13(26)22-25-5-3-20-15(25)27/h6-9H,2-5H2,1H3,(H,20,27)(H,22,26). The topological polar surface area (TPSA) is 92.2 Å². The van der Waals surface area contributed by atoms with E-state index in [2.05, 4.69) is 20.8 Å². The second-order valence-electron chi connectivity index (χ2n) is 6.09. The molecule has 27 heavy (non-hydrogen) atoms. The molecular weight excluding hydrogens is 365 g/mol. The first-order valence-corrected chi connectivity index (χ1v) is 8.16. The average Bonchev–Trinajstić information content (AvgIpc) is 3.21. The van der Waals surface area contributed by atoms with Gasteiger partial charge in [0.1, 0.15) is 6.33 Å². The highest BCUT2D eigenvalue weighted by Crippen LogP contribution is 2.32. The number of aromatic nitrogens is 3. The van der Waals surface area contributed by atoms with Gasteiger partial charge in [-0.1, -0.05) is 0 Å². The minimum absolute atomic E-state index is 0.0359. The van der Waals surface area contributed by atoms with Crippen molar-refractivity contribution in [3.05, 3.63) is 35.7 Å². The van der Waals surface area contributed by atoms with Crippen LogP contribution in [0.2, 0.25) is 0 Å². The van der Waals surface area contributed by atoms with Crippen LogP contribution in [-0.4, -0.2) is 44.8 Å². The summed E-state index contributed by atoms with van der Waals surface area (Å²) < 4.78 is 40.2. The monoisotopic (exact) mass is 382 g/mol. The Morgan fingerprint density at radius 2 is 2.11 bits per heavy atom. The molecule has 2 N–H and O–H groups in total. The van der Waals surface area contributed by atoms with Gasteiger partial charge < -0.3 is 5.32 Å². The molecule has 1 aliphatic rings. The molecule has 1 aromatic carbocycles. The summed E-state index contributed by atoms with van der Waals surface area (Å²) in [6.45, 7) is 2.58. The van der Waals surface area contributed by atoms with Crippen molar-refractivity contribution in [3.63, 3.8) is 0 Å². The maximum atomic E-state index is 13.0.